The molecule has 4 nitrogen and oxygen atoms in total. The molecule has 0 amide bonds. The van der Waals surface area contributed by atoms with Crippen molar-refractivity contribution in [1.82, 2.24) is 10.2 Å². The molecule has 0 radical (unpaired) electrons. The number of benzene rings is 1. The average Bonchev–Trinajstić information content (AvgIpc) is 3.23. The maximum absolute atomic E-state index is 4.36. The smallest absolute Gasteiger partial charge is 0.208 e. The fourth-order valence-electron chi connectivity index (χ4n) is 2.95. The third-order valence-electron chi connectivity index (χ3n) is 4.39. The van der Waals surface area contributed by atoms with Crippen molar-refractivity contribution in [3.05, 3.63) is 34.8 Å². The highest BCUT2D eigenvalue weighted by atomic mass is 32.1. The summed E-state index contributed by atoms with van der Waals surface area (Å²) in [6, 6.07) is 8.88. The van der Waals surface area contributed by atoms with Crippen LogP contribution in [0.25, 0.3) is 0 Å². The van der Waals surface area contributed by atoms with Gasteiger partial charge in [-0.2, -0.15) is 0 Å². The van der Waals surface area contributed by atoms with Crippen molar-refractivity contribution in [3.63, 3.8) is 0 Å². The summed E-state index contributed by atoms with van der Waals surface area (Å²) in [7, 11) is 4.15. The lowest BCUT2D eigenvalue weighted by molar-refractivity contribution is 0.725. The van der Waals surface area contributed by atoms with Crippen molar-refractivity contribution in [2.75, 3.05) is 37.0 Å². The lowest BCUT2D eigenvalue weighted by Gasteiger charge is -2.12. The summed E-state index contributed by atoms with van der Waals surface area (Å²) in [5, 5.41) is 11.0. The molecule has 0 aliphatic carbocycles. The summed E-state index contributed by atoms with van der Waals surface area (Å²) in [6.45, 7) is 2.30. The molecule has 5 heteroatoms. The first-order chi connectivity index (χ1) is 11.2. The van der Waals surface area contributed by atoms with Gasteiger partial charge in [0.1, 0.15) is 5.01 Å². The Morgan fingerprint density at radius 2 is 1.70 bits per heavy atom. The Hall–Kier alpha value is -1.62. The number of hydrogen-bond acceptors (Lipinski definition) is 5. The Kier molecular flexibility index (Phi) is 5.49. The molecule has 0 atom stereocenters. The molecule has 1 saturated heterocycles. The van der Waals surface area contributed by atoms with E-state index in [1.54, 1.807) is 11.3 Å². The molecular formula is C18H26N4S. The van der Waals surface area contributed by atoms with Crippen LogP contribution in [0.15, 0.2) is 24.3 Å². The number of anilines is 2. The SMILES string of the molecule is CN(C)c1ccc(CCCCc2nnc(N3CCCC3)s2)cc1. The number of rotatable bonds is 7. The van der Waals surface area contributed by atoms with E-state index in [9.17, 15) is 0 Å². The van der Waals surface area contributed by atoms with Gasteiger partial charge in [0, 0.05) is 39.3 Å². The second kappa shape index (κ2) is 7.77. The van der Waals surface area contributed by atoms with Crippen LogP contribution < -0.4 is 9.80 Å². The topological polar surface area (TPSA) is 32.3 Å². The highest BCUT2D eigenvalue weighted by Crippen LogP contribution is 2.25. The molecule has 0 saturated carbocycles. The molecule has 2 aromatic rings. The zero-order valence-electron chi connectivity index (χ0n) is 14.2. The van der Waals surface area contributed by atoms with Gasteiger partial charge in [-0.25, -0.2) is 0 Å². The summed E-state index contributed by atoms with van der Waals surface area (Å²) >= 11 is 1.78. The molecule has 0 spiro atoms. The van der Waals surface area contributed by atoms with Gasteiger partial charge in [-0.05, 0) is 49.8 Å². The van der Waals surface area contributed by atoms with Gasteiger partial charge in [0.05, 0.1) is 0 Å². The molecular weight excluding hydrogens is 304 g/mol. The molecule has 0 bridgehead atoms. The van der Waals surface area contributed by atoms with Crippen LogP contribution in [0.5, 0.6) is 0 Å². The van der Waals surface area contributed by atoms with E-state index < -0.39 is 0 Å². The minimum Gasteiger partial charge on any atom is -0.378 e. The Morgan fingerprint density at radius 3 is 2.39 bits per heavy atom. The second-order valence-corrected chi connectivity index (χ2v) is 7.48. The summed E-state index contributed by atoms with van der Waals surface area (Å²) in [4.78, 5) is 4.50. The molecule has 23 heavy (non-hydrogen) atoms. The highest BCUT2D eigenvalue weighted by molar-refractivity contribution is 7.15. The van der Waals surface area contributed by atoms with E-state index in [-0.39, 0.29) is 0 Å². The van der Waals surface area contributed by atoms with Gasteiger partial charge in [-0.1, -0.05) is 23.5 Å². The molecule has 1 fully saturated rings. The van der Waals surface area contributed by atoms with E-state index >= 15 is 0 Å². The van der Waals surface area contributed by atoms with E-state index in [0.29, 0.717) is 0 Å². The van der Waals surface area contributed by atoms with Gasteiger partial charge in [0.2, 0.25) is 5.13 Å². The van der Waals surface area contributed by atoms with E-state index in [0.717, 1.165) is 31.1 Å². The number of unbranched alkanes of at least 4 members (excludes halogenated alkanes) is 1. The predicted molar refractivity (Wildman–Crippen MR) is 98.8 cm³/mol. The first-order valence-electron chi connectivity index (χ1n) is 8.56. The molecule has 1 aromatic carbocycles. The van der Waals surface area contributed by atoms with Crippen molar-refractivity contribution in [1.29, 1.82) is 0 Å². The van der Waals surface area contributed by atoms with Gasteiger partial charge in [-0.15, -0.1) is 10.2 Å². The predicted octanol–water partition coefficient (Wildman–Crippen LogP) is 3.77. The van der Waals surface area contributed by atoms with E-state index in [1.807, 2.05) is 0 Å². The van der Waals surface area contributed by atoms with Crippen LogP contribution in [0.3, 0.4) is 0 Å². The van der Waals surface area contributed by atoms with Gasteiger partial charge in [0.25, 0.3) is 0 Å². The highest BCUT2D eigenvalue weighted by Gasteiger charge is 2.16. The van der Waals surface area contributed by atoms with E-state index in [2.05, 4.69) is 58.4 Å². The normalized spacial score (nSPS) is 14.4. The first-order valence-corrected chi connectivity index (χ1v) is 9.37. The van der Waals surface area contributed by atoms with Crippen molar-refractivity contribution >= 4 is 22.2 Å². The van der Waals surface area contributed by atoms with Gasteiger partial charge in [0.15, 0.2) is 0 Å². The molecule has 3 rings (SSSR count). The summed E-state index contributed by atoms with van der Waals surface area (Å²) in [6.07, 6.45) is 7.18. The molecule has 1 aromatic heterocycles. The molecule has 0 N–H and O–H groups in total. The Balaban J connectivity index is 1.41. The fourth-order valence-corrected chi connectivity index (χ4v) is 3.88. The Labute approximate surface area is 143 Å². The number of aryl methyl sites for hydroxylation is 2. The summed E-state index contributed by atoms with van der Waals surface area (Å²) in [5.41, 5.74) is 2.68. The van der Waals surface area contributed by atoms with E-state index in [1.165, 1.54) is 41.9 Å². The minimum absolute atomic E-state index is 1.06. The summed E-state index contributed by atoms with van der Waals surface area (Å²) in [5.74, 6) is 0. The van der Waals surface area contributed by atoms with Crippen LogP contribution in [0.2, 0.25) is 0 Å². The first kappa shape index (κ1) is 16.2. The van der Waals surface area contributed by atoms with Crippen molar-refractivity contribution < 1.29 is 0 Å². The Morgan fingerprint density at radius 1 is 1.00 bits per heavy atom. The van der Waals surface area contributed by atoms with Crippen molar-refractivity contribution in [3.8, 4) is 0 Å². The van der Waals surface area contributed by atoms with Gasteiger partial charge in [-0.3, -0.25) is 0 Å². The third-order valence-corrected chi connectivity index (χ3v) is 5.44. The molecule has 0 unspecified atom stereocenters. The van der Waals surface area contributed by atoms with Crippen LogP contribution in [-0.2, 0) is 12.8 Å². The van der Waals surface area contributed by atoms with Gasteiger partial charge < -0.3 is 9.80 Å². The van der Waals surface area contributed by atoms with Gasteiger partial charge >= 0.3 is 0 Å². The van der Waals surface area contributed by atoms with Crippen LogP contribution >= 0.6 is 11.3 Å². The average molecular weight is 331 g/mol. The number of hydrogen-bond donors (Lipinski definition) is 0. The second-order valence-electron chi connectivity index (χ2n) is 6.44. The summed E-state index contributed by atoms with van der Waals surface area (Å²) < 4.78 is 0. The van der Waals surface area contributed by atoms with E-state index in [4.69, 9.17) is 0 Å². The largest absolute Gasteiger partial charge is 0.378 e. The lowest BCUT2D eigenvalue weighted by Crippen LogP contribution is -2.17. The monoisotopic (exact) mass is 330 g/mol. The number of nitrogens with zero attached hydrogens (tertiary/aromatic N) is 4. The van der Waals surface area contributed by atoms with Crippen molar-refractivity contribution in [2.45, 2.75) is 38.5 Å². The maximum atomic E-state index is 4.36. The van der Waals surface area contributed by atoms with Crippen LogP contribution in [0.1, 0.15) is 36.3 Å². The zero-order chi connectivity index (χ0) is 16.1. The zero-order valence-corrected chi connectivity index (χ0v) is 15.0. The molecule has 1 aliphatic heterocycles. The van der Waals surface area contributed by atoms with Crippen LogP contribution in [0.4, 0.5) is 10.8 Å². The fraction of sp³-hybridized carbons (Fsp3) is 0.556. The van der Waals surface area contributed by atoms with Crippen LogP contribution in [-0.4, -0.2) is 37.4 Å². The molecule has 1 aliphatic rings. The maximum Gasteiger partial charge on any atom is 0.208 e. The molecule has 124 valence electrons. The lowest BCUT2D eigenvalue weighted by atomic mass is 10.1. The quantitative estimate of drug-likeness (QED) is 0.723. The third kappa shape index (κ3) is 4.44. The minimum atomic E-state index is 1.06. The standard InChI is InChI=1S/C18H26N4S/c1-21(2)16-11-9-15(10-12-16)7-3-4-8-17-19-20-18(23-17)22-13-5-6-14-22/h9-12H,3-8,13-14H2,1-2H3. The molecule has 2 heterocycles. The van der Waals surface area contributed by atoms with Crippen molar-refractivity contribution in [2.24, 2.45) is 0 Å². The Bertz CT molecular complexity index is 600. The number of aromatic nitrogens is 2. The van der Waals surface area contributed by atoms with Crippen LogP contribution in [0, 0.1) is 0 Å².